The molecule has 1 saturated carbocycles. The van der Waals surface area contributed by atoms with Crippen LogP contribution >= 0.6 is 0 Å². The predicted molar refractivity (Wildman–Crippen MR) is 73.3 cm³/mol. The van der Waals surface area contributed by atoms with Crippen molar-refractivity contribution in [2.45, 2.75) is 38.8 Å². The lowest BCUT2D eigenvalue weighted by Gasteiger charge is -2.27. The molecule has 1 unspecified atom stereocenters. The Kier molecular flexibility index (Phi) is 3.86. The van der Waals surface area contributed by atoms with Gasteiger partial charge in [-0.3, -0.25) is 4.79 Å². The summed E-state index contributed by atoms with van der Waals surface area (Å²) in [5.74, 6) is -1.46. The van der Waals surface area contributed by atoms with Crippen molar-refractivity contribution in [1.82, 2.24) is 20.8 Å². The summed E-state index contributed by atoms with van der Waals surface area (Å²) in [6, 6.07) is 0. The van der Waals surface area contributed by atoms with E-state index in [0.29, 0.717) is 0 Å². The van der Waals surface area contributed by atoms with Gasteiger partial charge in [0.25, 0.3) is 0 Å². The fourth-order valence-electron chi connectivity index (χ4n) is 3.54. The number of piperidine rings is 1. The van der Waals surface area contributed by atoms with Crippen LogP contribution in [0, 0.1) is 10.8 Å². The quantitative estimate of drug-likeness (QED) is 0.874. The smallest absolute Gasteiger partial charge is 0.355 e. The Morgan fingerprint density at radius 3 is 2.70 bits per heavy atom. The second kappa shape index (κ2) is 5.47. The minimum absolute atomic E-state index is 0.0426. The summed E-state index contributed by atoms with van der Waals surface area (Å²) in [5.41, 5.74) is -0.290. The van der Waals surface area contributed by atoms with Gasteiger partial charge in [0.1, 0.15) is 0 Å². The molecular weight excluding hydrogens is 313 g/mol. The van der Waals surface area contributed by atoms with Crippen LogP contribution in [-0.4, -0.2) is 35.7 Å². The monoisotopic (exact) mass is 332 g/mol. The highest BCUT2D eigenvalue weighted by molar-refractivity contribution is 5.86. The zero-order valence-electron chi connectivity index (χ0n) is 12.8. The first-order valence-electron chi connectivity index (χ1n) is 7.66. The molecule has 1 amide bonds. The van der Waals surface area contributed by atoms with E-state index in [4.69, 9.17) is 0 Å². The number of rotatable bonds is 4. The van der Waals surface area contributed by atoms with Gasteiger partial charge in [0.15, 0.2) is 5.82 Å². The van der Waals surface area contributed by atoms with Gasteiger partial charge >= 0.3 is 12.1 Å². The molecule has 3 rings (SSSR count). The van der Waals surface area contributed by atoms with Crippen molar-refractivity contribution in [2.24, 2.45) is 10.8 Å². The minimum Gasteiger partial charge on any atom is -0.355 e. The average molecular weight is 332 g/mol. The van der Waals surface area contributed by atoms with Crippen molar-refractivity contribution in [3.63, 3.8) is 0 Å². The normalized spacial score (nSPS) is 26.3. The summed E-state index contributed by atoms with van der Waals surface area (Å²) in [4.78, 5) is 15.7. The Hall–Kier alpha value is -1.64. The molecule has 2 heterocycles. The van der Waals surface area contributed by atoms with Crippen LogP contribution in [-0.2, 0) is 17.4 Å². The molecule has 23 heavy (non-hydrogen) atoms. The van der Waals surface area contributed by atoms with E-state index < -0.39 is 12.1 Å². The maximum atomic E-state index is 12.4. The van der Waals surface area contributed by atoms with Crippen molar-refractivity contribution in [3.8, 4) is 0 Å². The number of hydrogen-bond donors (Lipinski definition) is 2. The van der Waals surface area contributed by atoms with Gasteiger partial charge in [-0.05, 0) is 37.8 Å². The summed E-state index contributed by atoms with van der Waals surface area (Å²) in [6.45, 7) is 4.00. The van der Waals surface area contributed by atoms with Crippen LogP contribution in [0.15, 0.2) is 4.52 Å². The Balaban J connectivity index is 1.49. The van der Waals surface area contributed by atoms with E-state index in [-0.39, 0.29) is 35.5 Å². The molecule has 0 radical (unpaired) electrons. The number of hydrogen-bond acceptors (Lipinski definition) is 5. The number of alkyl halides is 3. The lowest BCUT2D eigenvalue weighted by atomic mass is 9.85. The molecule has 6 nitrogen and oxygen atoms in total. The molecule has 2 fully saturated rings. The first kappa shape index (κ1) is 16.2. The standard InChI is InChI=1S/C14H19F3N4O2/c1-12(8-13(12)3-6-18-7-4-13)10(22)19-5-2-9-20-11(23-21-9)14(15,16)17/h18H,2-8H2,1H3,(H,19,22). The molecule has 1 aromatic rings. The van der Waals surface area contributed by atoms with Crippen LogP contribution in [0.3, 0.4) is 0 Å². The third-order valence-corrected chi connectivity index (χ3v) is 5.14. The van der Waals surface area contributed by atoms with Gasteiger partial charge in [-0.25, -0.2) is 0 Å². The summed E-state index contributed by atoms with van der Waals surface area (Å²) >= 11 is 0. The highest BCUT2D eigenvalue weighted by Crippen LogP contribution is 2.68. The summed E-state index contributed by atoms with van der Waals surface area (Å²) in [5, 5.41) is 9.35. The predicted octanol–water partition coefficient (Wildman–Crippen LogP) is 1.53. The number of nitrogens with one attached hydrogen (secondary N) is 2. The highest BCUT2D eigenvalue weighted by Gasteiger charge is 2.67. The first-order chi connectivity index (χ1) is 10.8. The van der Waals surface area contributed by atoms with E-state index >= 15 is 0 Å². The van der Waals surface area contributed by atoms with Gasteiger partial charge in [0.05, 0.1) is 5.41 Å². The van der Waals surface area contributed by atoms with Crippen molar-refractivity contribution in [1.29, 1.82) is 0 Å². The molecule has 1 aliphatic heterocycles. The molecular formula is C14H19F3N4O2. The van der Waals surface area contributed by atoms with E-state index in [2.05, 4.69) is 25.3 Å². The van der Waals surface area contributed by atoms with Crippen LogP contribution in [0.25, 0.3) is 0 Å². The van der Waals surface area contributed by atoms with Crippen molar-refractivity contribution < 1.29 is 22.5 Å². The Labute approximate surface area is 131 Å². The lowest BCUT2D eigenvalue weighted by Crippen LogP contribution is -2.39. The fourth-order valence-corrected chi connectivity index (χ4v) is 3.54. The number of nitrogens with zero attached hydrogens (tertiary/aromatic N) is 2. The topological polar surface area (TPSA) is 80.1 Å². The molecule has 1 saturated heterocycles. The number of aromatic nitrogens is 2. The van der Waals surface area contributed by atoms with Crippen LogP contribution in [0.1, 0.15) is 37.9 Å². The average Bonchev–Trinajstić information content (AvgIpc) is 2.88. The van der Waals surface area contributed by atoms with Gasteiger partial charge < -0.3 is 15.2 Å². The SMILES string of the molecule is CC1(C(=O)NCCc2noc(C(F)(F)F)n2)CC12CCNCC2. The largest absolute Gasteiger partial charge is 0.471 e. The van der Waals surface area contributed by atoms with Gasteiger partial charge in [-0.1, -0.05) is 12.1 Å². The van der Waals surface area contributed by atoms with E-state index in [1.165, 1.54) is 0 Å². The summed E-state index contributed by atoms with van der Waals surface area (Å²) < 4.78 is 41.2. The molecule has 0 aromatic carbocycles. The molecule has 2 N–H and O–H groups in total. The summed E-state index contributed by atoms with van der Waals surface area (Å²) in [7, 11) is 0. The van der Waals surface area contributed by atoms with Crippen molar-refractivity contribution >= 4 is 5.91 Å². The van der Waals surface area contributed by atoms with Gasteiger partial charge in [-0.2, -0.15) is 18.2 Å². The maximum Gasteiger partial charge on any atom is 0.471 e. The molecule has 1 spiro atoms. The van der Waals surface area contributed by atoms with Crippen LogP contribution < -0.4 is 10.6 Å². The fraction of sp³-hybridized carbons (Fsp3) is 0.786. The second-order valence-electron chi connectivity index (χ2n) is 6.56. The molecule has 128 valence electrons. The number of carbonyl (C=O) groups is 1. The van der Waals surface area contributed by atoms with E-state index in [1.807, 2.05) is 6.92 Å². The molecule has 1 aliphatic carbocycles. The van der Waals surface area contributed by atoms with Gasteiger partial charge in [0, 0.05) is 13.0 Å². The lowest BCUT2D eigenvalue weighted by molar-refractivity contribution is -0.159. The molecule has 0 bridgehead atoms. The molecule has 2 aliphatic rings. The first-order valence-corrected chi connectivity index (χ1v) is 7.66. The third kappa shape index (κ3) is 2.93. The van der Waals surface area contributed by atoms with E-state index in [9.17, 15) is 18.0 Å². The second-order valence-corrected chi connectivity index (χ2v) is 6.56. The summed E-state index contributed by atoms with van der Waals surface area (Å²) in [6.07, 6.45) is -1.70. The Bertz CT molecular complexity index is 595. The van der Waals surface area contributed by atoms with Crippen LogP contribution in [0.2, 0.25) is 0 Å². The Morgan fingerprint density at radius 1 is 1.39 bits per heavy atom. The van der Waals surface area contributed by atoms with Crippen LogP contribution in [0.4, 0.5) is 13.2 Å². The minimum atomic E-state index is -4.64. The maximum absolute atomic E-state index is 12.4. The highest BCUT2D eigenvalue weighted by atomic mass is 19.4. The van der Waals surface area contributed by atoms with Crippen LogP contribution in [0.5, 0.6) is 0 Å². The number of halogens is 3. The number of carbonyl (C=O) groups excluding carboxylic acids is 1. The number of amides is 1. The van der Waals surface area contributed by atoms with Gasteiger partial charge in [-0.15, -0.1) is 0 Å². The molecule has 1 aromatic heterocycles. The molecule has 1 atom stereocenters. The third-order valence-electron chi connectivity index (χ3n) is 5.14. The molecule has 9 heteroatoms. The zero-order valence-corrected chi connectivity index (χ0v) is 12.8. The van der Waals surface area contributed by atoms with E-state index in [0.717, 1.165) is 32.4 Å². The van der Waals surface area contributed by atoms with E-state index in [1.54, 1.807) is 0 Å². The van der Waals surface area contributed by atoms with Gasteiger partial charge in [0.2, 0.25) is 5.91 Å². The van der Waals surface area contributed by atoms with Crippen molar-refractivity contribution in [3.05, 3.63) is 11.7 Å². The zero-order chi connectivity index (χ0) is 16.7. The van der Waals surface area contributed by atoms with Crippen molar-refractivity contribution in [2.75, 3.05) is 19.6 Å². The Morgan fingerprint density at radius 2 is 2.09 bits per heavy atom.